The molecule has 0 aliphatic rings. The minimum Gasteiger partial charge on any atom is -0.508 e. The molecule has 130 valence electrons. The molecular weight excluding hydrogens is 337 g/mol. The Kier molecular flexibility index (Phi) is 3.94. The lowest BCUT2D eigenvalue weighted by molar-refractivity contribution is -0.152. The number of aryl methyl sites for hydroxylation is 1. The molecule has 0 bridgehead atoms. The van der Waals surface area contributed by atoms with Crippen LogP contribution in [0.1, 0.15) is 11.3 Å². The molecule has 3 rings (SSSR count). The summed E-state index contributed by atoms with van der Waals surface area (Å²) in [6.45, 7) is 1.38. The van der Waals surface area contributed by atoms with Crippen molar-refractivity contribution in [2.45, 2.75) is 13.1 Å². The lowest BCUT2D eigenvalue weighted by Gasteiger charge is -2.14. The number of aromatic hydroxyl groups is 1. The van der Waals surface area contributed by atoms with Crippen LogP contribution in [0.5, 0.6) is 11.5 Å². The fourth-order valence-electron chi connectivity index (χ4n) is 2.60. The molecule has 0 atom stereocenters. The van der Waals surface area contributed by atoms with Crippen LogP contribution in [0.25, 0.3) is 22.1 Å². The molecule has 0 saturated heterocycles. The molecular formula is C18H13F3O4. The van der Waals surface area contributed by atoms with Crippen LogP contribution in [0.2, 0.25) is 0 Å². The summed E-state index contributed by atoms with van der Waals surface area (Å²) in [4.78, 5) is 12.7. The summed E-state index contributed by atoms with van der Waals surface area (Å²) in [5, 5.41) is 9.66. The summed E-state index contributed by atoms with van der Waals surface area (Å²) in [5.41, 5.74) is -1.54. The highest BCUT2D eigenvalue weighted by molar-refractivity contribution is 5.86. The van der Waals surface area contributed by atoms with E-state index in [1.807, 2.05) is 0 Å². The molecule has 0 aliphatic heterocycles. The summed E-state index contributed by atoms with van der Waals surface area (Å²) < 4.78 is 50.5. The number of rotatable bonds is 2. The average molecular weight is 350 g/mol. The Hall–Kier alpha value is -2.96. The van der Waals surface area contributed by atoms with Crippen molar-refractivity contribution in [3.05, 3.63) is 57.9 Å². The van der Waals surface area contributed by atoms with Crippen LogP contribution in [0.4, 0.5) is 13.2 Å². The third-order valence-electron chi connectivity index (χ3n) is 3.92. The molecule has 1 heterocycles. The van der Waals surface area contributed by atoms with E-state index in [1.54, 1.807) is 0 Å². The number of halogens is 3. The van der Waals surface area contributed by atoms with Crippen molar-refractivity contribution in [1.82, 2.24) is 0 Å². The second-order valence-corrected chi connectivity index (χ2v) is 5.45. The number of ether oxygens (including phenoxy) is 1. The monoisotopic (exact) mass is 350 g/mol. The van der Waals surface area contributed by atoms with Crippen LogP contribution in [0, 0.1) is 6.92 Å². The predicted octanol–water partition coefficient (Wildman–Crippen LogP) is 4.50. The number of phenolic OH excluding ortho intramolecular Hbond substituents is 1. The minimum absolute atomic E-state index is 0.0332. The Morgan fingerprint density at radius 2 is 1.72 bits per heavy atom. The molecule has 4 nitrogen and oxygen atoms in total. The van der Waals surface area contributed by atoms with Crippen LogP contribution in [0.3, 0.4) is 0 Å². The summed E-state index contributed by atoms with van der Waals surface area (Å²) in [6.07, 6.45) is -4.87. The van der Waals surface area contributed by atoms with E-state index >= 15 is 0 Å². The SMILES string of the molecule is COc1ccc(-c2c(C(F)(F)F)oc3c(C)c(O)ccc3c2=O)cc1. The normalized spacial score (nSPS) is 11.7. The van der Waals surface area contributed by atoms with Crippen LogP contribution < -0.4 is 10.2 Å². The van der Waals surface area contributed by atoms with E-state index in [-0.39, 0.29) is 27.8 Å². The van der Waals surface area contributed by atoms with Gasteiger partial charge in [0.1, 0.15) is 17.1 Å². The predicted molar refractivity (Wildman–Crippen MR) is 85.9 cm³/mol. The van der Waals surface area contributed by atoms with E-state index < -0.39 is 22.9 Å². The van der Waals surface area contributed by atoms with Crippen LogP contribution in [0.15, 0.2) is 45.6 Å². The first-order valence-electron chi connectivity index (χ1n) is 7.25. The van der Waals surface area contributed by atoms with Gasteiger partial charge in [-0.3, -0.25) is 4.79 Å². The van der Waals surface area contributed by atoms with E-state index in [0.717, 1.165) is 0 Å². The van der Waals surface area contributed by atoms with Gasteiger partial charge in [0.15, 0.2) is 0 Å². The Labute approximate surface area is 140 Å². The van der Waals surface area contributed by atoms with Gasteiger partial charge in [0.05, 0.1) is 18.1 Å². The minimum atomic E-state index is -4.87. The van der Waals surface area contributed by atoms with Gasteiger partial charge in [-0.25, -0.2) is 0 Å². The van der Waals surface area contributed by atoms with E-state index in [4.69, 9.17) is 9.15 Å². The maximum Gasteiger partial charge on any atom is 0.450 e. The number of phenols is 1. The van der Waals surface area contributed by atoms with Gasteiger partial charge >= 0.3 is 6.18 Å². The first-order valence-corrected chi connectivity index (χ1v) is 7.25. The van der Waals surface area contributed by atoms with Crippen molar-refractivity contribution in [3.8, 4) is 22.6 Å². The molecule has 1 N–H and O–H groups in total. The number of benzene rings is 2. The maximum atomic E-state index is 13.5. The molecule has 0 amide bonds. The quantitative estimate of drug-likeness (QED) is 0.739. The topological polar surface area (TPSA) is 59.7 Å². The third kappa shape index (κ3) is 2.82. The smallest absolute Gasteiger partial charge is 0.450 e. The first kappa shape index (κ1) is 16.9. The summed E-state index contributed by atoms with van der Waals surface area (Å²) >= 11 is 0. The van der Waals surface area contributed by atoms with Gasteiger partial charge in [-0.1, -0.05) is 12.1 Å². The maximum absolute atomic E-state index is 13.5. The zero-order chi connectivity index (χ0) is 18.4. The highest BCUT2D eigenvalue weighted by Crippen LogP contribution is 2.39. The molecule has 2 aromatic carbocycles. The van der Waals surface area contributed by atoms with Crippen molar-refractivity contribution in [1.29, 1.82) is 0 Å². The number of alkyl halides is 3. The Balaban J connectivity index is 2.42. The van der Waals surface area contributed by atoms with E-state index in [0.29, 0.717) is 5.75 Å². The second-order valence-electron chi connectivity index (χ2n) is 5.45. The van der Waals surface area contributed by atoms with Crippen molar-refractivity contribution in [2.24, 2.45) is 0 Å². The average Bonchev–Trinajstić information content (AvgIpc) is 2.57. The number of fused-ring (bicyclic) bond motifs is 1. The van der Waals surface area contributed by atoms with Crippen LogP contribution in [-0.4, -0.2) is 12.2 Å². The van der Waals surface area contributed by atoms with Crippen molar-refractivity contribution in [2.75, 3.05) is 7.11 Å². The molecule has 25 heavy (non-hydrogen) atoms. The lowest BCUT2D eigenvalue weighted by Crippen LogP contribution is -2.16. The van der Waals surface area contributed by atoms with Gasteiger partial charge in [-0.05, 0) is 36.8 Å². The van der Waals surface area contributed by atoms with Crippen molar-refractivity contribution < 1.29 is 27.4 Å². The third-order valence-corrected chi connectivity index (χ3v) is 3.92. The van der Waals surface area contributed by atoms with Crippen LogP contribution in [-0.2, 0) is 6.18 Å². The Morgan fingerprint density at radius 1 is 1.08 bits per heavy atom. The second kappa shape index (κ2) is 5.84. The standard InChI is InChI=1S/C18H13F3O4/c1-9-13(22)8-7-12-15(23)14(10-3-5-11(24-2)6-4-10)17(18(19,20)21)25-16(9)12/h3-8,22H,1-2H3. The summed E-state index contributed by atoms with van der Waals surface area (Å²) in [6, 6.07) is 8.14. The van der Waals surface area contributed by atoms with E-state index in [1.165, 1.54) is 50.4 Å². The fourth-order valence-corrected chi connectivity index (χ4v) is 2.60. The van der Waals surface area contributed by atoms with E-state index in [2.05, 4.69) is 0 Å². The highest BCUT2D eigenvalue weighted by Gasteiger charge is 2.39. The van der Waals surface area contributed by atoms with Crippen LogP contribution >= 0.6 is 0 Å². The molecule has 0 spiro atoms. The highest BCUT2D eigenvalue weighted by atomic mass is 19.4. The van der Waals surface area contributed by atoms with Gasteiger partial charge in [-0.2, -0.15) is 13.2 Å². The van der Waals surface area contributed by atoms with Crippen molar-refractivity contribution >= 4 is 11.0 Å². The van der Waals surface area contributed by atoms with Gasteiger partial charge in [-0.15, -0.1) is 0 Å². The molecule has 0 fully saturated rings. The molecule has 0 saturated carbocycles. The Bertz CT molecular complexity index is 1000. The first-order chi connectivity index (χ1) is 11.7. The van der Waals surface area contributed by atoms with Crippen molar-refractivity contribution in [3.63, 3.8) is 0 Å². The van der Waals surface area contributed by atoms with Gasteiger partial charge in [0, 0.05) is 5.56 Å². The lowest BCUT2D eigenvalue weighted by atomic mass is 10.0. The largest absolute Gasteiger partial charge is 0.508 e. The molecule has 3 aromatic rings. The summed E-state index contributed by atoms with van der Waals surface area (Å²) in [5.74, 6) is -1.20. The fraction of sp³-hybridized carbons (Fsp3) is 0.167. The summed E-state index contributed by atoms with van der Waals surface area (Å²) in [7, 11) is 1.43. The van der Waals surface area contributed by atoms with Gasteiger partial charge in [0.25, 0.3) is 0 Å². The zero-order valence-corrected chi connectivity index (χ0v) is 13.3. The number of methoxy groups -OCH3 is 1. The molecule has 0 radical (unpaired) electrons. The van der Waals surface area contributed by atoms with E-state index in [9.17, 15) is 23.1 Å². The molecule has 7 heteroatoms. The molecule has 1 aromatic heterocycles. The molecule has 0 unspecified atom stereocenters. The van der Waals surface area contributed by atoms with Gasteiger partial charge < -0.3 is 14.3 Å². The number of hydrogen-bond acceptors (Lipinski definition) is 4. The molecule has 0 aliphatic carbocycles. The number of hydrogen-bond donors (Lipinski definition) is 1. The van der Waals surface area contributed by atoms with Gasteiger partial charge in [0.2, 0.25) is 11.2 Å². The zero-order valence-electron chi connectivity index (χ0n) is 13.3. The Morgan fingerprint density at radius 3 is 2.28 bits per heavy atom.